The highest BCUT2D eigenvalue weighted by molar-refractivity contribution is 7.99. The van der Waals surface area contributed by atoms with Crippen molar-refractivity contribution in [2.75, 3.05) is 5.75 Å². The first-order valence-electron chi connectivity index (χ1n) is 3.76. The predicted octanol–water partition coefficient (Wildman–Crippen LogP) is 1.95. The van der Waals surface area contributed by atoms with Gasteiger partial charge in [-0.15, -0.1) is 10.2 Å². The Balaban J connectivity index is 2.15. The van der Waals surface area contributed by atoms with Crippen LogP contribution in [0.15, 0.2) is 32.6 Å². The van der Waals surface area contributed by atoms with Crippen LogP contribution in [-0.4, -0.2) is 16.0 Å². The van der Waals surface area contributed by atoms with Crippen LogP contribution in [0.5, 0.6) is 0 Å². The van der Waals surface area contributed by atoms with Crippen molar-refractivity contribution < 1.29 is 8.83 Å². The van der Waals surface area contributed by atoms with E-state index in [1.807, 2.05) is 6.07 Å². The van der Waals surface area contributed by atoms with E-state index in [2.05, 4.69) is 10.2 Å². The van der Waals surface area contributed by atoms with Crippen LogP contribution in [0.1, 0.15) is 0 Å². The molecular weight excluding hydrogens is 202 g/mol. The number of hydrogen-bond donors (Lipinski definition) is 0. The Morgan fingerprint density at radius 3 is 3.14 bits per heavy atom. The maximum atomic E-state index is 8.34. The number of aromatic nitrogens is 2. The van der Waals surface area contributed by atoms with Gasteiger partial charge in [-0.2, -0.15) is 5.26 Å². The van der Waals surface area contributed by atoms with Crippen LogP contribution in [-0.2, 0) is 0 Å². The summed E-state index contributed by atoms with van der Waals surface area (Å²) < 4.78 is 10.1. The number of furan rings is 1. The Morgan fingerprint density at radius 2 is 2.43 bits per heavy atom. The summed E-state index contributed by atoms with van der Waals surface area (Å²) in [4.78, 5) is 0. The van der Waals surface area contributed by atoms with Crippen molar-refractivity contribution in [1.82, 2.24) is 10.2 Å². The van der Waals surface area contributed by atoms with Gasteiger partial charge in [0, 0.05) is 0 Å². The summed E-state index contributed by atoms with van der Waals surface area (Å²) in [7, 11) is 0. The van der Waals surface area contributed by atoms with E-state index < -0.39 is 0 Å². The maximum Gasteiger partial charge on any atom is 0.277 e. The van der Waals surface area contributed by atoms with Crippen molar-refractivity contribution in [3.05, 3.63) is 18.6 Å². The Morgan fingerprint density at radius 1 is 1.50 bits per heavy atom. The van der Waals surface area contributed by atoms with Crippen molar-refractivity contribution in [3.63, 3.8) is 0 Å². The van der Waals surface area contributed by atoms with Crippen LogP contribution in [0.3, 0.4) is 0 Å². The first-order valence-corrected chi connectivity index (χ1v) is 4.74. The average Bonchev–Trinajstić information content (AvgIpc) is 2.85. The van der Waals surface area contributed by atoms with Crippen LogP contribution in [0.2, 0.25) is 0 Å². The van der Waals surface area contributed by atoms with Gasteiger partial charge in [0.05, 0.1) is 23.6 Å². The molecule has 0 unspecified atom stereocenters. The van der Waals surface area contributed by atoms with E-state index >= 15 is 0 Å². The van der Waals surface area contributed by atoms with Gasteiger partial charge in [0.15, 0.2) is 0 Å². The second-order valence-corrected chi connectivity index (χ2v) is 3.26. The topological polar surface area (TPSA) is 75.8 Å². The van der Waals surface area contributed by atoms with E-state index in [0.717, 1.165) is 5.56 Å². The molecule has 6 heteroatoms. The van der Waals surface area contributed by atoms with E-state index in [0.29, 0.717) is 16.9 Å². The fourth-order valence-electron chi connectivity index (χ4n) is 0.865. The molecule has 0 N–H and O–H groups in total. The molecule has 0 amide bonds. The second kappa shape index (κ2) is 3.98. The zero-order valence-electron chi connectivity index (χ0n) is 7.01. The molecule has 2 aromatic heterocycles. The monoisotopic (exact) mass is 207 g/mol. The molecular formula is C8H5N3O2S. The summed E-state index contributed by atoms with van der Waals surface area (Å²) >= 11 is 1.21. The van der Waals surface area contributed by atoms with Crippen molar-refractivity contribution >= 4 is 11.8 Å². The first kappa shape index (κ1) is 8.84. The summed E-state index contributed by atoms with van der Waals surface area (Å²) in [6, 6.07) is 3.71. The Kier molecular flexibility index (Phi) is 2.51. The summed E-state index contributed by atoms with van der Waals surface area (Å²) in [5.74, 6) is 0.701. The highest BCUT2D eigenvalue weighted by Crippen LogP contribution is 2.22. The van der Waals surface area contributed by atoms with Crippen LogP contribution >= 0.6 is 11.8 Å². The molecule has 0 saturated heterocycles. The molecule has 5 nitrogen and oxygen atoms in total. The molecule has 0 aliphatic carbocycles. The number of nitriles is 1. The third-order valence-corrected chi connectivity index (χ3v) is 2.12. The standard InChI is InChI=1S/C8H5N3O2S/c9-2-4-14-8-11-10-7(13-8)6-1-3-12-5-6/h1,3,5H,4H2. The first-order chi connectivity index (χ1) is 6.90. The lowest BCUT2D eigenvalue weighted by atomic mass is 10.3. The van der Waals surface area contributed by atoms with E-state index in [9.17, 15) is 0 Å². The minimum atomic E-state index is 0.299. The molecule has 0 aliphatic heterocycles. The van der Waals surface area contributed by atoms with Crippen LogP contribution in [0, 0.1) is 11.3 Å². The molecule has 0 atom stereocenters. The van der Waals surface area contributed by atoms with Crippen molar-refractivity contribution in [2.24, 2.45) is 0 Å². The van der Waals surface area contributed by atoms with Gasteiger partial charge in [-0.25, -0.2) is 0 Å². The molecule has 0 saturated carbocycles. The zero-order valence-corrected chi connectivity index (χ0v) is 7.82. The lowest BCUT2D eigenvalue weighted by Crippen LogP contribution is -1.73. The zero-order chi connectivity index (χ0) is 9.80. The minimum Gasteiger partial charge on any atom is -0.472 e. The summed E-state index contributed by atoms with van der Waals surface area (Å²) in [6.45, 7) is 0. The molecule has 0 bridgehead atoms. The fraction of sp³-hybridized carbons (Fsp3) is 0.125. The lowest BCUT2D eigenvalue weighted by Gasteiger charge is -1.85. The Hall–Kier alpha value is -1.74. The minimum absolute atomic E-state index is 0.299. The average molecular weight is 207 g/mol. The van der Waals surface area contributed by atoms with Gasteiger partial charge < -0.3 is 8.83 Å². The largest absolute Gasteiger partial charge is 0.472 e. The lowest BCUT2D eigenvalue weighted by molar-refractivity contribution is 0.465. The van der Waals surface area contributed by atoms with Crippen LogP contribution in [0.25, 0.3) is 11.5 Å². The third-order valence-electron chi connectivity index (χ3n) is 1.43. The number of thioether (sulfide) groups is 1. The fourth-order valence-corrected chi connectivity index (χ4v) is 1.29. The number of hydrogen-bond acceptors (Lipinski definition) is 6. The molecule has 2 aromatic rings. The van der Waals surface area contributed by atoms with Gasteiger partial charge in [-0.1, -0.05) is 11.8 Å². The van der Waals surface area contributed by atoms with Gasteiger partial charge in [-0.05, 0) is 6.07 Å². The molecule has 14 heavy (non-hydrogen) atoms. The van der Waals surface area contributed by atoms with Gasteiger partial charge in [0.2, 0.25) is 0 Å². The highest BCUT2D eigenvalue weighted by Gasteiger charge is 2.09. The molecule has 70 valence electrons. The summed E-state index contributed by atoms with van der Waals surface area (Å²) in [5.41, 5.74) is 0.737. The van der Waals surface area contributed by atoms with E-state index in [-0.39, 0.29) is 0 Å². The summed E-state index contributed by atoms with van der Waals surface area (Å²) in [6.07, 6.45) is 3.05. The molecule has 0 radical (unpaired) electrons. The number of rotatable bonds is 3. The van der Waals surface area contributed by atoms with E-state index in [1.165, 1.54) is 24.3 Å². The molecule has 0 spiro atoms. The second-order valence-electron chi connectivity index (χ2n) is 2.33. The van der Waals surface area contributed by atoms with Crippen LogP contribution in [0.4, 0.5) is 0 Å². The SMILES string of the molecule is N#CCSc1nnc(-c2ccoc2)o1. The molecule has 2 rings (SSSR count). The molecule has 0 aliphatic rings. The quantitative estimate of drug-likeness (QED) is 0.716. The number of nitrogens with zero attached hydrogens (tertiary/aromatic N) is 3. The molecule has 0 fully saturated rings. The van der Waals surface area contributed by atoms with Gasteiger partial charge >= 0.3 is 0 Å². The summed E-state index contributed by atoms with van der Waals surface area (Å²) in [5, 5.41) is 16.3. The van der Waals surface area contributed by atoms with Gasteiger partial charge in [-0.3, -0.25) is 0 Å². The predicted molar refractivity (Wildman–Crippen MR) is 48.3 cm³/mol. The Bertz CT molecular complexity index is 443. The van der Waals surface area contributed by atoms with Gasteiger partial charge in [0.25, 0.3) is 11.1 Å². The third kappa shape index (κ3) is 1.78. The normalized spacial score (nSPS) is 9.93. The van der Waals surface area contributed by atoms with E-state index in [1.54, 1.807) is 6.07 Å². The van der Waals surface area contributed by atoms with Gasteiger partial charge in [0.1, 0.15) is 6.26 Å². The molecule has 2 heterocycles. The molecule has 0 aromatic carbocycles. The highest BCUT2D eigenvalue weighted by atomic mass is 32.2. The van der Waals surface area contributed by atoms with E-state index in [4.69, 9.17) is 14.1 Å². The maximum absolute atomic E-state index is 8.34. The van der Waals surface area contributed by atoms with Crippen molar-refractivity contribution in [2.45, 2.75) is 5.22 Å². The van der Waals surface area contributed by atoms with Crippen molar-refractivity contribution in [3.8, 4) is 17.5 Å². The van der Waals surface area contributed by atoms with Crippen molar-refractivity contribution in [1.29, 1.82) is 5.26 Å². The van der Waals surface area contributed by atoms with Crippen LogP contribution < -0.4 is 0 Å². The Labute approximate surface area is 83.7 Å². The smallest absolute Gasteiger partial charge is 0.277 e.